The van der Waals surface area contributed by atoms with Crippen LogP contribution in [0, 0.1) is 5.92 Å². The number of methoxy groups -OCH3 is 1. The Bertz CT molecular complexity index is 337. The van der Waals surface area contributed by atoms with Crippen LogP contribution in [-0.4, -0.2) is 42.3 Å². The van der Waals surface area contributed by atoms with Gasteiger partial charge in [0.05, 0.1) is 24.4 Å². The highest BCUT2D eigenvalue weighted by Gasteiger charge is 2.44. The standard InChI is InChI=1S/C16H30N2O2/c1-5-8-13-15(19)18(11-16(2,3)20-4)14(17-13)12-9-6-7-10-12/h12-14,17H,5-11H2,1-4H3. The smallest absolute Gasteiger partial charge is 0.241 e. The van der Waals surface area contributed by atoms with Gasteiger partial charge in [-0.25, -0.2) is 0 Å². The molecule has 1 heterocycles. The van der Waals surface area contributed by atoms with Crippen molar-refractivity contribution in [3.63, 3.8) is 0 Å². The molecule has 0 aromatic heterocycles. The number of hydrogen-bond acceptors (Lipinski definition) is 3. The van der Waals surface area contributed by atoms with E-state index in [2.05, 4.69) is 31.0 Å². The topological polar surface area (TPSA) is 41.6 Å². The highest BCUT2D eigenvalue weighted by Crippen LogP contribution is 2.33. The molecular weight excluding hydrogens is 252 g/mol. The first-order chi connectivity index (χ1) is 9.48. The minimum Gasteiger partial charge on any atom is -0.377 e. The normalized spacial score (nSPS) is 28.6. The maximum Gasteiger partial charge on any atom is 0.241 e. The van der Waals surface area contributed by atoms with Crippen molar-refractivity contribution in [2.24, 2.45) is 5.92 Å². The van der Waals surface area contributed by atoms with Crippen molar-refractivity contribution in [2.75, 3.05) is 13.7 Å². The van der Waals surface area contributed by atoms with Gasteiger partial charge in [-0.15, -0.1) is 0 Å². The Hall–Kier alpha value is -0.610. The fourth-order valence-corrected chi connectivity index (χ4v) is 3.51. The van der Waals surface area contributed by atoms with Gasteiger partial charge in [-0.2, -0.15) is 0 Å². The summed E-state index contributed by atoms with van der Waals surface area (Å²) in [4.78, 5) is 14.7. The van der Waals surface area contributed by atoms with E-state index in [0.717, 1.165) is 12.8 Å². The van der Waals surface area contributed by atoms with E-state index in [-0.39, 0.29) is 23.7 Å². The van der Waals surface area contributed by atoms with Crippen LogP contribution < -0.4 is 5.32 Å². The van der Waals surface area contributed by atoms with Gasteiger partial charge in [0.25, 0.3) is 0 Å². The molecular formula is C16H30N2O2. The van der Waals surface area contributed by atoms with Crippen molar-refractivity contribution in [2.45, 2.75) is 77.1 Å². The summed E-state index contributed by atoms with van der Waals surface area (Å²) in [6.45, 7) is 6.93. The second kappa shape index (κ2) is 6.44. The lowest BCUT2D eigenvalue weighted by atomic mass is 10.0. The van der Waals surface area contributed by atoms with Gasteiger partial charge in [0, 0.05) is 7.11 Å². The summed E-state index contributed by atoms with van der Waals surface area (Å²) < 4.78 is 5.53. The van der Waals surface area contributed by atoms with Crippen LogP contribution in [0.3, 0.4) is 0 Å². The third-order valence-corrected chi connectivity index (χ3v) is 4.82. The summed E-state index contributed by atoms with van der Waals surface area (Å²) in [5.74, 6) is 0.891. The molecule has 2 rings (SSSR count). The molecule has 1 amide bonds. The van der Waals surface area contributed by atoms with Gasteiger partial charge >= 0.3 is 0 Å². The number of carbonyl (C=O) groups excluding carboxylic acids is 1. The molecule has 0 radical (unpaired) electrons. The molecule has 0 spiro atoms. The fourth-order valence-electron chi connectivity index (χ4n) is 3.51. The minimum absolute atomic E-state index is 0.0123. The van der Waals surface area contributed by atoms with Gasteiger partial charge in [-0.3, -0.25) is 10.1 Å². The van der Waals surface area contributed by atoms with Crippen LogP contribution in [0.15, 0.2) is 0 Å². The molecule has 2 aliphatic rings. The van der Waals surface area contributed by atoms with Crippen LogP contribution in [-0.2, 0) is 9.53 Å². The maximum absolute atomic E-state index is 12.7. The molecule has 20 heavy (non-hydrogen) atoms. The van der Waals surface area contributed by atoms with Gasteiger partial charge in [-0.1, -0.05) is 26.2 Å². The van der Waals surface area contributed by atoms with Crippen molar-refractivity contribution in [3.8, 4) is 0 Å². The SMILES string of the molecule is CCCC1NC(C2CCCC2)N(CC(C)(C)OC)C1=O. The minimum atomic E-state index is -0.282. The van der Waals surface area contributed by atoms with Crippen molar-refractivity contribution in [1.82, 2.24) is 10.2 Å². The van der Waals surface area contributed by atoms with Crippen LogP contribution in [0.4, 0.5) is 0 Å². The highest BCUT2D eigenvalue weighted by molar-refractivity contribution is 5.84. The lowest BCUT2D eigenvalue weighted by Gasteiger charge is -2.35. The number of ether oxygens (including phenoxy) is 1. The molecule has 1 aliphatic heterocycles. The van der Waals surface area contributed by atoms with E-state index >= 15 is 0 Å². The predicted molar refractivity (Wildman–Crippen MR) is 80.4 cm³/mol. The van der Waals surface area contributed by atoms with Crippen molar-refractivity contribution in [1.29, 1.82) is 0 Å². The van der Waals surface area contributed by atoms with E-state index in [9.17, 15) is 4.79 Å². The zero-order chi connectivity index (χ0) is 14.8. The van der Waals surface area contributed by atoms with E-state index in [0.29, 0.717) is 12.5 Å². The Balaban J connectivity index is 2.11. The number of rotatable bonds is 6. The molecule has 4 heteroatoms. The summed E-state index contributed by atoms with van der Waals surface area (Å²) in [5, 5.41) is 3.60. The van der Waals surface area contributed by atoms with Gasteiger partial charge < -0.3 is 9.64 Å². The zero-order valence-electron chi connectivity index (χ0n) is 13.4. The van der Waals surface area contributed by atoms with E-state index in [1.807, 2.05) is 0 Å². The number of amides is 1. The van der Waals surface area contributed by atoms with E-state index in [1.54, 1.807) is 7.11 Å². The highest BCUT2D eigenvalue weighted by atomic mass is 16.5. The van der Waals surface area contributed by atoms with Gasteiger partial charge in [0.1, 0.15) is 0 Å². The van der Waals surface area contributed by atoms with Crippen molar-refractivity contribution in [3.05, 3.63) is 0 Å². The molecule has 2 atom stereocenters. The molecule has 116 valence electrons. The second-order valence-electron chi connectivity index (χ2n) is 6.93. The van der Waals surface area contributed by atoms with Crippen molar-refractivity contribution < 1.29 is 9.53 Å². The predicted octanol–water partition coefficient (Wildman–Crippen LogP) is 2.53. The first-order valence-electron chi connectivity index (χ1n) is 8.10. The van der Waals surface area contributed by atoms with E-state index < -0.39 is 0 Å². The van der Waals surface area contributed by atoms with E-state index in [4.69, 9.17) is 4.74 Å². The van der Waals surface area contributed by atoms with Crippen LogP contribution in [0.25, 0.3) is 0 Å². The molecule has 4 nitrogen and oxygen atoms in total. The van der Waals surface area contributed by atoms with Crippen molar-refractivity contribution >= 4 is 5.91 Å². The summed E-state index contributed by atoms with van der Waals surface area (Å²) in [7, 11) is 1.72. The first-order valence-corrected chi connectivity index (χ1v) is 8.10. The van der Waals surface area contributed by atoms with E-state index in [1.165, 1.54) is 25.7 Å². The van der Waals surface area contributed by atoms with Crippen LogP contribution >= 0.6 is 0 Å². The summed E-state index contributed by atoms with van der Waals surface area (Å²) in [6, 6.07) is 0.0123. The number of carbonyl (C=O) groups is 1. The molecule has 0 aromatic carbocycles. The lowest BCUT2D eigenvalue weighted by molar-refractivity contribution is -0.134. The quantitative estimate of drug-likeness (QED) is 0.814. The molecule has 0 aromatic rings. The molecule has 1 saturated heterocycles. The summed E-state index contributed by atoms with van der Waals surface area (Å²) in [5.41, 5.74) is -0.282. The Labute approximate surface area is 123 Å². The summed E-state index contributed by atoms with van der Waals surface area (Å²) >= 11 is 0. The first kappa shape index (κ1) is 15.8. The molecule has 0 bridgehead atoms. The van der Waals surface area contributed by atoms with Gasteiger partial charge in [0.2, 0.25) is 5.91 Å². The fraction of sp³-hybridized carbons (Fsp3) is 0.938. The number of hydrogen-bond donors (Lipinski definition) is 1. The summed E-state index contributed by atoms with van der Waals surface area (Å²) in [6.07, 6.45) is 7.29. The van der Waals surface area contributed by atoms with Crippen LogP contribution in [0.1, 0.15) is 59.3 Å². The Kier molecular flexibility index (Phi) is 5.08. The Morgan fingerprint density at radius 1 is 1.35 bits per heavy atom. The maximum atomic E-state index is 12.7. The third kappa shape index (κ3) is 3.34. The monoisotopic (exact) mass is 282 g/mol. The van der Waals surface area contributed by atoms with Crippen LogP contribution in [0.5, 0.6) is 0 Å². The third-order valence-electron chi connectivity index (χ3n) is 4.82. The average molecular weight is 282 g/mol. The lowest BCUT2D eigenvalue weighted by Crippen LogP contribution is -2.49. The average Bonchev–Trinajstić information content (AvgIpc) is 3.02. The number of nitrogens with zero attached hydrogens (tertiary/aromatic N) is 1. The molecule has 1 saturated carbocycles. The Morgan fingerprint density at radius 3 is 2.55 bits per heavy atom. The zero-order valence-corrected chi connectivity index (χ0v) is 13.4. The molecule has 1 aliphatic carbocycles. The van der Waals surface area contributed by atoms with Gasteiger partial charge in [0.15, 0.2) is 0 Å². The molecule has 2 fully saturated rings. The largest absolute Gasteiger partial charge is 0.377 e. The molecule has 2 unspecified atom stereocenters. The molecule has 1 N–H and O–H groups in total. The van der Waals surface area contributed by atoms with Gasteiger partial charge in [-0.05, 0) is 39.0 Å². The second-order valence-corrected chi connectivity index (χ2v) is 6.93. The van der Waals surface area contributed by atoms with Crippen LogP contribution in [0.2, 0.25) is 0 Å². The number of nitrogens with one attached hydrogen (secondary N) is 1. The Morgan fingerprint density at radius 2 is 2.00 bits per heavy atom.